The van der Waals surface area contributed by atoms with Crippen LogP contribution in [0.5, 0.6) is 23.0 Å². The molecule has 0 saturated heterocycles. The number of aliphatic hydroxyl groups excluding tert-OH is 1. The second kappa shape index (κ2) is 14.0. The van der Waals surface area contributed by atoms with Gasteiger partial charge < -0.3 is 29.2 Å². The van der Waals surface area contributed by atoms with Crippen molar-refractivity contribution in [3.05, 3.63) is 111 Å². The van der Waals surface area contributed by atoms with E-state index in [9.17, 15) is 20.3 Å². The zero-order valence-electron chi connectivity index (χ0n) is 25.2. The minimum Gasteiger partial charge on any atom is -0.488 e. The molecule has 0 bridgehead atoms. The lowest BCUT2D eigenvalue weighted by Crippen LogP contribution is -2.39. The first-order valence-corrected chi connectivity index (χ1v) is 15.4. The van der Waals surface area contributed by atoms with Crippen LogP contribution >= 0.6 is 11.6 Å². The number of nitrogens with zero attached hydrogens (tertiary/aromatic N) is 2. The molecule has 47 heavy (non-hydrogen) atoms. The highest BCUT2D eigenvalue weighted by Crippen LogP contribution is 2.44. The molecule has 2 aliphatic rings. The smallest absolute Gasteiger partial charge is 0.323 e. The van der Waals surface area contributed by atoms with E-state index in [1.54, 1.807) is 24.3 Å². The predicted octanol–water partition coefficient (Wildman–Crippen LogP) is 6.38. The number of hydrogen-bond donors (Lipinski definition) is 3. The molecule has 2 atom stereocenters. The van der Waals surface area contributed by atoms with Crippen molar-refractivity contribution in [3.8, 4) is 40.2 Å². The third kappa shape index (κ3) is 6.96. The van der Waals surface area contributed by atoms with Crippen molar-refractivity contribution in [2.75, 3.05) is 19.8 Å². The van der Waals surface area contributed by atoms with Crippen LogP contribution in [-0.2, 0) is 24.4 Å². The standard InChI is InChI=1S/C36H30ClN3O7/c1-39-25-12-21(17-38)11-22(13-25)20-46-33-16-34(29(37)14-24(33)18-40-30(19-41)36(42)43)47-31-8-6-27-26(3-2-4-28(27)31)23-5-7-32-35(15-23)45-10-9-44-32/h2-5,7,11-16,30-31,40-41H,6,8-10,18-20H2,(H,42,43)/t30-,31-/m0/s1. The van der Waals surface area contributed by atoms with Crippen molar-refractivity contribution in [2.45, 2.75) is 38.1 Å². The van der Waals surface area contributed by atoms with Gasteiger partial charge in [-0.3, -0.25) is 10.1 Å². The Morgan fingerprint density at radius 3 is 2.70 bits per heavy atom. The van der Waals surface area contributed by atoms with Crippen LogP contribution in [-0.4, -0.2) is 42.0 Å². The number of nitriles is 1. The largest absolute Gasteiger partial charge is 0.488 e. The van der Waals surface area contributed by atoms with Gasteiger partial charge in [-0.1, -0.05) is 35.9 Å². The number of carbonyl (C=O) groups is 1. The third-order valence-electron chi connectivity index (χ3n) is 8.10. The molecule has 1 aliphatic carbocycles. The monoisotopic (exact) mass is 651 g/mol. The first kappa shape index (κ1) is 31.7. The zero-order valence-corrected chi connectivity index (χ0v) is 25.9. The molecule has 0 aromatic heterocycles. The van der Waals surface area contributed by atoms with Gasteiger partial charge in [-0.2, -0.15) is 5.26 Å². The van der Waals surface area contributed by atoms with E-state index in [-0.39, 0.29) is 19.3 Å². The fourth-order valence-corrected chi connectivity index (χ4v) is 6.05. The first-order valence-electron chi connectivity index (χ1n) is 15.0. The van der Waals surface area contributed by atoms with Gasteiger partial charge in [0.15, 0.2) is 17.2 Å². The first-order chi connectivity index (χ1) is 22.9. The van der Waals surface area contributed by atoms with E-state index in [4.69, 9.17) is 37.1 Å². The number of benzene rings is 4. The molecule has 0 unspecified atom stereocenters. The van der Waals surface area contributed by atoms with Gasteiger partial charge in [0.05, 0.1) is 24.3 Å². The summed E-state index contributed by atoms with van der Waals surface area (Å²) in [7, 11) is 0. The van der Waals surface area contributed by atoms with Gasteiger partial charge in [-0.05, 0) is 77.1 Å². The van der Waals surface area contributed by atoms with E-state index in [1.165, 1.54) is 11.6 Å². The summed E-state index contributed by atoms with van der Waals surface area (Å²) in [6.07, 6.45) is 1.24. The third-order valence-corrected chi connectivity index (χ3v) is 8.40. The van der Waals surface area contributed by atoms with Crippen LogP contribution in [0.3, 0.4) is 0 Å². The Labute approximate surface area is 276 Å². The molecule has 3 N–H and O–H groups in total. The van der Waals surface area contributed by atoms with Gasteiger partial charge in [0.1, 0.15) is 43.5 Å². The molecule has 0 spiro atoms. The van der Waals surface area contributed by atoms with Crippen LogP contribution in [0.15, 0.2) is 66.7 Å². The van der Waals surface area contributed by atoms with E-state index in [1.807, 2.05) is 24.3 Å². The van der Waals surface area contributed by atoms with Gasteiger partial charge >= 0.3 is 5.97 Å². The van der Waals surface area contributed by atoms with E-state index in [0.717, 1.165) is 41.0 Å². The number of hydrogen-bond acceptors (Lipinski definition) is 8. The Morgan fingerprint density at radius 1 is 1.11 bits per heavy atom. The maximum atomic E-state index is 11.5. The molecule has 0 saturated carbocycles. The Balaban J connectivity index is 1.28. The highest BCUT2D eigenvalue weighted by molar-refractivity contribution is 6.32. The predicted molar refractivity (Wildman–Crippen MR) is 173 cm³/mol. The van der Waals surface area contributed by atoms with Crippen LogP contribution in [0.4, 0.5) is 5.69 Å². The fourth-order valence-electron chi connectivity index (χ4n) is 5.82. The van der Waals surface area contributed by atoms with Gasteiger partial charge in [0, 0.05) is 23.7 Å². The number of aliphatic carboxylic acids is 1. The second-order valence-electron chi connectivity index (χ2n) is 11.1. The molecule has 10 nitrogen and oxygen atoms in total. The molecule has 1 heterocycles. The Morgan fingerprint density at radius 2 is 1.94 bits per heavy atom. The van der Waals surface area contributed by atoms with Gasteiger partial charge in [0.25, 0.3) is 0 Å². The molecule has 6 rings (SSSR count). The van der Waals surface area contributed by atoms with E-state index in [0.29, 0.717) is 52.1 Å². The number of ether oxygens (including phenoxy) is 4. The van der Waals surface area contributed by atoms with Crippen molar-refractivity contribution in [1.29, 1.82) is 5.26 Å². The van der Waals surface area contributed by atoms with Crippen molar-refractivity contribution in [2.24, 2.45) is 0 Å². The Hall–Kier alpha value is -5.26. The number of nitrogens with one attached hydrogen (secondary N) is 1. The lowest BCUT2D eigenvalue weighted by molar-refractivity contribution is -0.140. The van der Waals surface area contributed by atoms with Crippen molar-refractivity contribution >= 4 is 23.3 Å². The minimum atomic E-state index is -1.20. The topological polar surface area (TPSA) is 135 Å². The quantitative estimate of drug-likeness (QED) is 0.158. The summed E-state index contributed by atoms with van der Waals surface area (Å²) in [6.45, 7) is 7.85. The number of aliphatic hydroxyl groups is 1. The van der Waals surface area contributed by atoms with Gasteiger partial charge in [-0.15, -0.1) is 0 Å². The molecule has 0 radical (unpaired) electrons. The van der Waals surface area contributed by atoms with Gasteiger partial charge in [0.2, 0.25) is 0 Å². The lowest BCUT2D eigenvalue weighted by atomic mass is 9.96. The number of rotatable bonds is 11. The average Bonchev–Trinajstić information content (AvgIpc) is 3.51. The highest BCUT2D eigenvalue weighted by atomic mass is 35.5. The number of carboxylic acids is 1. The van der Waals surface area contributed by atoms with Crippen LogP contribution in [0, 0.1) is 17.9 Å². The van der Waals surface area contributed by atoms with Crippen molar-refractivity contribution in [3.63, 3.8) is 0 Å². The van der Waals surface area contributed by atoms with Crippen LogP contribution in [0.25, 0.3) is 16.0 Å². The molecular weight excluding hydrogens is 622 g/mol. The summed E-state index contributed by atoms with van der Waals surface area (Å²) < 4.78 is 24.2. The molecule has 1 aliphatic heterocycles. The average molecular weight is 652 g/mol. The lowest BCUT2D eigenvalue weighted by Gasteiger charge is -2.21. The summed E-state index contributed by atoms with van der Waals surface area (Å²) in [5.41, 5.74) is 6.15. The molecule has 4 aromatic rings. The highest BCUT2D eigenvalue weighted by Gasteiger charge is 2.28. The fraction of sp³-hybridized carbons (Fsp3) is 0.250. The van der Waals surface area contributed by atoms with Crippen molar-refractivity contribution in [1.82, 2.24) is 5.32 Å². The normalized spacial score (nSPS) is 15.2. The minimum absolute atomic E-state index is 0.0274. The Bertz CT molecular complexity index is 1880. The van der Waals surface area contributed by atoms with E-state index in [2.05, 4.69) is 28.4 Å². The number of carboxylic acid groups (broad SMARTS) is 1. The van der Waals surface area contributed by atoms with Crippen LogP contribution in [0.1, 0.15) is 40.3 Å². The summed E-state index contributed by atoms with van der Waals surface area (Å²) in [5.74, 6) is 1.02. The van der Waals surface area contributed by atoms with E-state index >= 15 is 0 Å². The summed E-state index contributed by atoms with van der Waals surface area (Å²) >= 11 is 6.74. The molecule has 11 heteroatoms. The molecule has 0 fully saturated rings. The van der Waals surface area contributed by atoms with Crippen LogP contribution < -0.4 is 24.3 Å². The molecular formula is C36H30ClN3O7. The van der Waals surface area contributed by atoms with Gasteiger partial charge in [-0.25, -0.2) is 4.85 Å². The molecule has 238 valence electrons. The van der Waals surface area contributed by atoms with Crippen LogP contribution in [0.2, 0.25) is 5.02 Å². The SMILES string of the molecule is [C-]#[N+]c1cc(C#N)cc(COc2cc(O[C@H]3CCc4c(-c5ccc6c(c5)OCCO6)cccc43)c(Cl)cc2CN[C@@H](CO)C(=O)O)c1. The zero-order chi connectivity index (χ0) is 32.9. The number of halogens is 1. The van der Waals surface area contributed by atoms with Crippen molar-refractivity contribution < 1.29 is 34.0 Å². The Kier molecular flexibility index (Phi) is 9.46. The summed E-state index contributed by atoms with van der Waals surface area (Å²) in [6, 6.07) is 21.1. The number of fused-ring (bicyclic) bond motifs is 2. The summed E-state index contributed by atoms with van der Waals surface area (Å²) in [5, 5.41) is 31.4. The maximum Gasteiger partial charge on any atom is 0.323 e. The summed E-state index contributed by atoms with van der Waals surface area (Å²) in [4.78, 5) is 14.9. The maximum absolute atomic E-state index is 11.5. The molecule has 4 aromatic carbocycles. The second-order valence-corrected chi connectivity index (χ2v) is 11.5. The van der Waals surface area contributed by atoms with E-state index < -0.39 is 18.6 Å². The molecule has 0 amide bonds.